The molecular weight excluding hydrogens is 280 g/mol. The number of allylic oxidation sites excluding steroid dienone is 2. The summed E-state index contributed by atoms with van der Waals surface area (Å²) in [5.41, 5.74) is 1.19. The Bertz CT molecular complexity index is 523. The predicted molar refractivity (Wildman–Crippen MR) is 86.5 cm³/mol. The molecule has 1 aromatic rings. The van der Waals surface area contributed by atoms with Gasteiger partial charge in [-0.25, -0.2) is 4.98 Å². The largest absolute Gasteiger partial charge is 0.342 e. The van der Waals surface area contributed by atoms with E-state index < -0.39 is 0 Å². The molecule has 1 amide bonds. The minimum absolute atomic E-state index is 0.219. The summed E-state index contributed by atoms with van der Waals surface area (Å²) < 4.78 is 0. The van der Waals surface area contributed by atoms with Crippen LogP contribution in [0.1, 0.15) is 55.6 Å². The highest BCUT2D eigenvalue weighted by molar-refractivity contribution is 7.09. The van der Waals surface area contributed by atoms with Crippen molar-refractivity contribution in [3.8, 4) is 0 Å². The van der Waals surface area contributed by atoms with Gasteiger partial charge in [-0.05, 0) is 38.5 Å². The van der Waals surface area contributed by atoms with Crippen LogP contribution in [0.15, 0.2) is 17.5 Å². The third kappa shape index (κ3) is 3.37. The van der Waals surface area contributed by atoms with Crippen LogP contribution in [-0.2, 0) is 11.2 Å². The molecule has 2 aliphatic rings. The molecule has 21 heavy (non-hydrogen) atoms. The van der Waals surface area contributed by atoms with Gasteiger partial charge in [0.25, 0.3) is 0 Å². The van der Waals surface area contributed by atoms with E-state index >= 15 is 0 Å². The summed E-state index contributed by atoms with van der Waals surface area (Å²) in [5, 5.41) is 3.40. The first-order chi connectivity index (χ1) is 10.3. The van der Waals surface area contributed by atoms with Crippen LogP contribution in [0, 0.1) is 5.92 Å². The normalized spacial score (nSPS) is 26.0. The standard InChI is InChI=1S/C17H24N2OS/c1-2-15-12-21-16(18-15)14-9-6-10-19(11-14)17(20)13-7-4-3-5-8-13/h3-4,12-14H,2,5-11H2,1H3/t13-,14-/m0/s1. The van der Waals surface area contributed by atoms with Crippen LogP contribution in [0.5, 0.6) is 0 Å². The van der Waals surface area contributed by atoms with Gasteiger partial charge in [-0.3, -0.25) is 4.79 Å². The lowest BCUT2D eigenvalue weighted by molar-refractivity contribution is -0.137. The molecule has 2 heterocycles. The number of thiazole rings is 1. The minimum Gasteiger partial charge on any atom is -0.342 e. The Kier molecular flexibility index (Phi) is 4.73. The van der Waals surface area contributed by atoms with E-state index in [4.69, 9.17) is 4.98 Å². The van der Waals surface area contributed by atoms with Gasteiger partial charge in [0.1, 0.15) is 0 Å². The topological polar surface area (TPSA) is 33.2 Å². The van der Waals surface area contributed by atoms with Crippen LogP contribution >= 0.6 is 11.3 Å². The Morgan fingerprint density at radius 1 is 1.43 bits per heavy atom. The van der Waals surface area contributed by atoms with Crippen molar-refractivity contribution in [2.24, 2.45) is 5.92 Å². The van der Waals surface area contributed by atoms with Crippen LogP contribution in [0.25, 0.3) is 0 Å². The fourth-order valence-corrected chi connectivity index (χ4v) is 4.36. The van der Waals surface area contributed by atoms with E-state index in [0.717, 1.165) is 45.2 Å². The maximum Gasteiger partial charge on any atom is 0.226 e. The number of nitrogens with zero attached hydrogens (tertiary/aromatic N) is 2. The Morgan fingerprint density at radius 3 is 3.05 bits per heavy atom. The first-order valence-corrected chi connectivity index (χ1v) is 9.04. The molecule has 0 radical (unpaired) electrons. The number of likely N-dealkylation sites (tertiary alicyclic amines) is 1. The molecule has 0 bridgehead atoms. The molecule has 1 aliphatic heterocycles. The lowest BCUT2D eigenvalue weighted by Crippen LogP contribution is -2.42. The van der Waals surface area contributed by atoms with Gasteiger partial charge < -0.3 is 4.90 Å². The zero-order valence-corrected chi connectivity index (χ0v) is 13.6. The molecule has 0 aromatic carbocycles. The summed E-state index contributed by atoms with van der Waals surface area (Å²) in [5.74, 6) is 1.04. The maximum absolute atomic E-state index is 12.7. The number of amides is 1. The summed E-state index contributed by atoms with van der Waals surface area (Å²) >= 11 is 1.77. The third-order valence-corrected chi connectivity index (χ3v) is 5.69. The quantitative estimate of drug-likeness (QED) is 0.796. The summed E-state index contributed by atoms with van der Waals surface area (Å²) in [6, 6.07) is 0. The van der Waals surface area contributed by atoms with E-state index in [1.807, 2.05) is 0 Å². The van der Waals surface area contributed by atoms with Crippen molar-refractivity contribution in [2.75, 3.05) is 13.1 Å². The molecule has 0 unspecified atom stereocenters. The van der Waals surface area contributed by atoms with Crippen molar-refractivity contribution in [3.63, 3.8) is 0 Å². The Morgan fingerprint density at radius 2 is 2.33 bits per heavy atom. The predicted octanol–water partition coefficient (Wildman–Crippen LogP) is 3.77. The summed E-state index contributed by atoms with van der Waals surface area (Å²) in [4.78, 5) is 19.5. The molecule has 2 atom stereocenters. The molecule has 0 N–H and O–H groups in total. The van der Waals surface area contributed by atoms with Gasteiger partial charge in [0, 0.05) is 30.3 Å². The average Bonchev–Trinajstić information content (AvgIpc) is 3.04. The van der Waals surface area contributed by atoms with Crippen molar-refractivity contribution < 1.29 is 4.79 Å². The van der Waals surface area contributed by atoms with Crippen molar-refractivity contribution in [1.82, 2.24) is 9.88 Å². The number of aromatic nitrogens is 1. The van der Waals surface area contributed by atoms with E-state index in [0.29, 0.717) is 11.8 Å². The minimum atomic E-state index is 0.219. The number of carbonyl (C=O) groups is 1. The molecular formula is C17H24N2OS. The number of piperidine rings is 1. The Hall–Kier alpha value is -1.16. The van der Waals surface area contributed by atoms with Gasteiger partial charge in [-0.1, -0.05) is 19.1 Å². The van der Waals surface area contributed by atoms with Crippen LogP contribution < -0.4 is 0 Å². The van der Waals surface area contributed by atoms with E-state index in [2.05, 4.69) is 29.4 Å². The van der Waals surface area contributed by atoms with E-state index in [1.165, 1.54) is 17.1 Å². The second-order valence-corrected chi connectivity index (χ2v) is 7.03. The highest BCUT2D eigenvalue weighted by atomic mass is 32.1. The highest BCUT2D eigenvalue weighted by Gasteiger charge is 2.30. The smallest absolute Gasteiger partial charge is 0.226 e. The number of carbonyl (C=O) groups excluding carboxylic acids is 1. The Labute approximate surface area is 131 Å². The molecule has 114 valence electrons. The zero-order valence-electron chi connectivity index (χ0n) is 12.8. The first kappa shape index (κ1) is 14.8. The fourth-order valence-electron chi connectivity index (χ4n) is 3.33. The summed E-state index contributed by atoms with van der Waals surface area (Å²) in [6.07, 6.45) is 10.7. The average molecular weight is 304 g/mol. The Balaban J connectivity index is 1.64. The molecule has 0 spiro atoms. The SMILES string of the molecule is CCc1csc([C@H]2CCCN(C(=O)[C@H]3CC=CCC3)C2)n1. The summed E-state index contributed by atoms with van der Waals surface area (Å²) in [6.45, 7) is 3.95. The van der Waals surface area contributed by atoms with Gasteiger partial charge in [0.05, 0.1) is 10.7 Å². The molecule has 4 heteroatoms. The second-order valence-electron chi connectivity index (χ2n) is 6.14. The molecule has 0 saturated carbocycles. The van der Waals surface area contributed by atoms with Gasteiger partial charge in [0.2, 0.25) is 5.91 Å². The van der Waals surface area contributed by atoms with Crippen molar-refractivity contribution in [3.05, 3.63) is 28.2 Å². The zero-order chi connectivity index (χ0) is 14.7. The summed E-state index contributed by atoms with van der Waals surface area (Å²) in [7, 11) is 0. The molecule has 1 fully saturated rings. The third-order valence-electron chi connectivity index (χ3n) is 4.63. The lowest BCUT2D eigenvalue weighted by atomic mass is 9.91. The van der Waals surface area contributed by atoms with Crippen molar-refractivity contribution in [2.45, 2.75) is 51.4 Å². The molecule has 1 aliphatic carbocycles. The van der Waals surface area contributed by atoms with E-state index in [1.54, 1.807) is 11.3 Å². The molecule has 3 rings (SSSR count). The maximum atomic E-state index is 12.7. The van der Waals surface area contributed by atoms with Crippen LogP contribution in [-0.4, -0.2) is 28.9 Å². The van der Waals surface area contributed by atoms with Gasteiger partial charge in [-0.15, -0.1) is 11.3 Å². The van der Waals surface area contributed by atoms with E-state index in [-0.39, 0.29) is 5.92 Å². The van der Waals surface area contributed by atoms with Crippen molar-refractivity contribution >= 4 is 17.2 Å². The lowest BCUT2D eigenvalue weighted by Gasteiger charge is -2.34. The second kappa shape index (κ2) is 6.73. The van der Waals surface area contributed by atoms with Crippen LogP contribution in [0.3, 0.4) is 0 Å². The van der Waals surface area contributed by atoms with Gasteiger partial charge >= 0.3 is 0 Å². The number of hydrogen-bond donors (Lipinski definition) is 0. The van der Waals surface area contributed by atoms with E-state index in [9.17, 15) is 4.79 Å². The van der Waals surface area contributed by atoms with Crippen LogP contribution in [0.2, 0.25) is 0 Å². The number of rotatable bonds is 3. The molecule has 1 saturated heterocycles. The number of aryl methyl sites for hydroxylation is 1. The number of hydrogen-bond acceptors (Lipinski definition) is 3. The molecule has 1 aromatic heterocycles. The molecule has 3 nitrogen and oxygen atoms in total. The van der Waals surface area contributed by atoms with Gasteiger partial charge in [-0.2, -0.15) is 0 Å². The van der Waals surface area contributed by atoms with Gasteiger partial charge in [0.15, 0.2) is 0 Å². The van der Waals surface area contributed by atoms with Crippen molar-refractivity contribution in [1.29, 1.82) is 0 Å². The highest BCUT2D eigenvalue weighted by Crippen LogP contribution is 2.31. The first-order valence-electron chi connectivity index (χ1n) is 8.16. The monoisotopic (exact) mass is 304 g/mol. The van der Waals surface area contributed by atoms with Crippen LogP contribution in [0.4, 0.5) is 0 Å². The fraction of sp³-hybridized carbons (Fsp3) is 0.647.